The average molecular weight is 255 g/mol. The Bertz CT molecular complexity index is 651. The van der Waals surface area contributed by atoms with Gasteiger partial charge in [0.25, 0.3) is 5.69 Å². The highest BCUT2D eigenvalue weighted by atomic mass is 16.6. The van der Waals surface area contributed by atoms with Crippen molar-refractivity contribution in [3.8, 4) is 5.75 Å². The molecule has 0 N–H and O–H groups in total. The van der Waals surface area contributed by atoms with Crippen LogP contribution >= 0.6 is 0 Å². The van der Waals surface area contributed by atoms with Gasteiger partial charge < -0.3 is 0 Å². The Labute approximate surface area is 110 Å². The third-order valence-electron chi connectivity index (χ3n) is 2.66. The lowest BCUT2D eigenvalue weighted by atomic mass is 10.2. The van der Waals surface area contributed by atoms with Crippen LogP contribution < -0.4 is 0 Å². The topological polar surface area (TPSA) is 75.4 Å². The molecule has 0 aromatic heterocycles. The summed E-state index contributed by atoms with van der Waals surface area (Å²) in [5, 5.41) is 22.2. The van der Waals surface area contributed by atoms with Gasteiger partial charge in [0.05, 0.1) is 10.6 Å². The summed E-state index contributed by atoms with van der Waals surface area (Å²) in [7, 11) is 0. The molecule has 95 valence electrons. The van der Waals surface area contributed by atoms with Crippen molar-refractivity contribution in [1.29, 1.82) is 0 Å². The Balaban J connectivity index is 2.35. The smallest absolute Gasteiger partial charge is 0.270 e. The normalized spacial score (nSPS) is 10.8. The Morgan fingerprint density at radius 2 is 1.95 bits per heavy atom. The maximum atomic E-state index is 11.6. The minimum Gasteiger partial charge on any atom is -0.289 e. The zero-order chi connectivity index (χ0) is 13.8. The van der Waals surface area contributed by atoms with Crippen molar-refractivity contribution < 1.29 is 10.0 Å². The highest BCUT2D eigenvalue weighted by Crippen LogP contribution is 2.23. The Morgan fingerprint density at radius 1 is 1.21 bits per heavy atom. The van der Waals surface area contributed by atoms with Gasteiger partial charge >= 0.3 is 0 Å². The summed E-state index contributed by atoms with van der Waals surface area (Å²) in [6.45, 7) is 1.90. The summed E-state index contributed by atoms with van der Waals surface area (Å²) in [5.74, 6) is -0.289. The van der Waals surface area contributed by atoms with Gasteiger partial charge in [-0.25, -0.2) is 0 Å². The van der Waals surface area contributed by atoms with Gasteiger partial charge in [-0.2, -0.15) is 0 Å². The van der Waals surface area contributed by atoms with Crippen molar-refractivity contribution in [3.05, 3.63) is 63.7 Å². The second-order valence-electron chi connectivity index (χ2n) is 4.02. The Morgan fingerprint density at radius 3 is 2.63 bits per heavy atom. The summed E-state index contributed by atoms with van der Waals surface area (Å²) in [6.07, 6.45) is 1.36. The minimum atomic E-state index is -0.537. The van der Waals surface area contributed by atoms with E-state index in [0.29, 0.717) is 0 Å². The summed E-state index contributed by atoms with van der Waals surface area (Å²) < 4.78 is 0. The molecule has 5 heteroatoms. The first-order valence-electron chi connectivity index (χ1n) is 5.63. The van der Waals surface area contributed by atoms with Crippen LogP contribution in [-0.2, 0) is 5.11 Å². The molecule has 0 amide bonds. The molecule has 0 aliphatic rings. The molecule has 0 heterocycles. The number of rotatable bonds is 3. The monoisotopic (exact) mass is 255 g/mol. The van der Waals surface area contributed by atoms with Gasteiger partial charge in [-0.3, -0.25) is 20.2 Å². The van der Waals surface area contributed by atoms with E-state index in [1.165, 1.54) is 24.4 Å². The molecule has 0 bridgehead atoms. The lowest BCUT2D eigenvalue weighted by molar-refractivity contribution is -0.384. The number of nitro groups is 1. The van der Waals surface area contributed by atoms with E-state index >= 15 is 0 Å². The van der Waals surface area contributed by atoms with E-state index in [-0.39, 0.29) is 17.0 Å². The van der Waals surface area contributed by atoms with E-state index in [2.05, 4.69) is 4.99 Å². The summed E-state index contributed by atoms with van der Waals surface area (Å²) in [5.41, 5.74) is 1.79. The number of non-ortho nitro benzene ring substituents is 1. The van der Waals surface area contributed by atoms with Crippen LogP contribution in [0.3, 0.4) is 0 Å². The number of aliphatic imine (C=N–C) groups is 1. The van der Waals surface area contributed by atoms with Crippen molar-refractivity contribution in [2.24, 2.45) is 4.99 Å². The van der Waals surface area contributed by atoms with Gasteiger partial charge in [0.15, 0.2) is 5.75 Å². The van der Waals surface area contributed by atoms with Gasteiger partial charge in [0.2, 0.25) is 0 Å². The third-order valence-corrected chi connectivity index (χ3v) is 2.66. The van der Waals surface area contributed by atoms with Gasteiger partial charge in [0, 0.05) is 23.9 Å². The van der Waals surface area contributed by atoms with Gasteiger partial charge in [0.1, 0.15) is 0 Å². The number of aryl methyl sites for hydroxylation is 1. The quantitative estimate of drug-likeness (QED) is 0.475. The lowest BCUT2D eigenvalue weighted by Gasteiger charge is -1.99. The number of nitro benzene ring substituents is 1. The van der Waals surface area contributed by atoms with Crippen molar-refractivity contribution in [2.75, 3.05) is 0 Å². The minimum absolute atomic E-state index is 0.120. The molecule has 0 atom stereocenters. The first-order valence-corrected chi connectivity index (χ1v) is 5.63. The molecule has 19 heavy (non-hydrogen) atoms. The predicted molar refractivity (Wildman–Crippen MR) is 71.7 cm³/mol. The molecule has 0 fully saturated rings. The van der Waals surface area contributed by atoms with Crippen LogP contribution in [0.5, 0.6) is 5.75 Å². The maximum Gasteiger partial charge on any atom is 0.270 e. The Kier molecular flexibility index (Phi) is 3.56. The lowest BCUT2D eigenvalue weighted by Crippen LogP contribution is -1.90. The fraction of sp³-hybridized carbons (Fsp3) is 0.0714. The predicted octanol–water partition coefficient (Wildman–Crippen LogP) is 3.80. The fourth-order valence-corrected chi connectivity index (χ4v) is 1.60. The van der Waals surface area contributed by atoms with Crippen molar-refractivity contribution in [1.82, 2.24) is 0 Å². The van der Waals surface area contributed by atoms with Crippen LogP contribution in [0.15, 0.2) is 47.5 Å². The van der Waals surface area contributed by atoms with E-state index in [1.807, 2.05) is 31.2 Å². The summed E-state index contributed by atoms with van der Waals surface area (Å²) in [4.78, 5) is 14.3. The molecule has 0 saturated heterocycles. The van der Waals surface area contributed by atoms with Crippen LogP contribution in [-0.4, -0.2) is 11.1 Å². The molecule has 2 rings (SSSR count). The molecule has 0 unspecified atom stereocenters. The first-order chi connectivity index (χ1) is 9.08. The van der Waals surface area contributed by atoms with E-state index in [4.69, 9.17) is 0 Å². The van der Waals surface area contributed by atoms with Gasteiger partial charge in [-0.05, 0) is 24.6 Å². The molecule has 0 aliphatic heterocycles. The van der Waals surface area contributed by atoms with Crippen LogP contribution in [0.25, 0.3) is 0 Å². The molecule has 0 spiro atoms. The highest BCUT2D eigenvalue weighted by Gasteiger charge is 2.09. The van der Waals surface area contributed by atoms with Crippen LogP contribution in [0.4, 0.5) is 11.4 Å². The number of para-hydroxylation sites is 1. The SMILES string of the molecule is Cc1ccccc1/N=C/c1cc([N+](=O)[O-])ccc1[O]. The molecule has 1 radical (unpaired) electrons. The number of hydrogen-bond acceptors (Lipinski definition) is 3. The van der Waals surface area contributed by atoms with Crippen LogP contribution in [0.2, 0.25) is 0 Å². The fourth-order valence-electron chi connectivity index (χ4n) is 1.60. The molecule has 0 aliphatic carbocycles. The maximum absolute atomic E-state index is 11.6. The van der Waals surface area contributed by atoms with Crippen molar-refractivity contribution >= 4 is 17.6 Å². The molecular weight excluding hydrogens is 244 g/mol. The standard InChI is InChI=1S/C14H11N2O3/c1-10-4-2-3-5-13(10)15-9-11-8-12(16(18)19)6-7-14(11)17/h2-9H,1H3/b15-9+. The molecule has 2 aromatic rings. The second-order valence-corrected chi connectivity index (χ2v) is 4.02. The van der Waals surface area contributed by atoms with Crippen LogP contribution in [0.1, 0.15) is 11.1 Å². The third kappa shape index (κ3) is 2.95. The number of benzene rings is 2. The zero-order valence-corrected chi connectivity index (χ0v) is 10.2. The van der Waals surface area contributed by atoms with Crippen molar-refractivity contribution in [2.45, 2.75) is 6.92 Å². The largest absolute Gasteiger partial charge is 0.289 e. The molecule has 0 saturated carbocycles. The van der Waals surface area contributed by atoms with Gasteiger partial charge in [-0.1, -0.05) is 18.2 Å². The zero-order valence-electron chi connectivity index (χ0n) is 10.2. The molecule has 5 nitrogen and oxygen atoms in total. The average Bonchev–Trinajstić information content (AvgIpc) is 2.39. The molecule has 2 aromatic carbocycles. The first kappa shape index (κ1) is 12.8. The van der Waals surface area contributed by atoms with Crippen molar-refractivity contribution in [3.63, 3.8) is 0 Å². The summed E-state index contributed by atoms with van der Waals surface area (Å²) in [6, 6.07) is 11.0. The number of hydrogen-bond donors (Lipinski definition) is 0. The highest BCUT2D eigenvalue weighted by molar-refractivity contribution is 5.86. The van der Waals surface area contributed by atoms with E-state index in [1.54, 1.807) is 0 Å². The Hall–Kier alpha value is -2.69. The van der Waals surface area contributed by atoms with E-state index in [0.717, 1.165) is 11.3 Å². The van der Waals surface area contributed by atoms with Crippen LogP contribution in [0, 0.1) is 17.0 Å². The van der Waals surface area contributed by atoms with E-state index < -0.39 is 4.92 Å². The second kappa shape index (κ2) is 5.30. The summed E-state index contributed by atoms with van der Waals surface area (Å²) >= 11 is 0. The van der Waals surface area contributed by atoms with Gasteiger partial charge in [-0.15, -0.1) is 0 Å². The van der Waals surface area contributed by atoms with E-state index in [9.17, 15) is 15.2 Å². The molecular formula is C14H11N2O3. The number of nitrogens with zero attached hydrogens (tertiary/aromatic N) is 2.